The van der Waals surface area contributed by atoms with E-state index >= 15 is 0 Å². The van der Waals surface area contributed by atoms with E-state index in [0.717, 1.165) is 4.57 Å². The fourth-order valence-electron chi connectivity index (χ4n) is 2.32. The maximum atomic E-state index is 14.0. The van der Waals surface area contributed by atoms with Gasteiger partial charge >= 0.3 is 11.9 Å². The molecular weight excluding hydrogens is 316 g/mol. The van der Waals surface area contributed by atoms with E-state index in [-0.39, 0.29) is 11.8 Å². The van der Waals surface area contributed by atoms with Crippen molar-refractivity contribution >= 4 is 10.9 Å². The second kappa shape index (κ2) is 5.08. The highest BCUT2D eigenvalue weighted by atomic mass is 19.4. The Morgan fingerprint density at radius 2 is 1.65 bits per heavy atom. The highest BCUT2D eigenvalue weighted by Gasteiger charge is 2.32. The lowest BCUT2D eigenvalue weighted by Gasteiger charge is -2.13. The summed E-state index contributed by atoms with van der Waals surface area (Å²) < 4.78 is 53.5. The molecule has 0 aliphatic carbocycles. The number of para-hydroxylation sites is 1. The van der Waals surface area contributed by atoms with Crippen molar-refractivity contribution in [2.45, 2.75) is 6.18 Å². The fourth-order valence-corrected chi connectivity index (χ4v) is 2.32. The van der Waals surface area contributed by atoms with Crippen molar-refractivity contribution in [3.8, 4) is 5.69 Å². The zero-order valence-corrected chi connectivity index (χ0v) is 11.3. The lowest BCUT2D eigenvalue weighted by molar-refractivity contribution is -0.137. The minimum atomic E-state index is -4.81. The summed E-state index contributed by atoms with van der Waals surface area (Å²) in [6, 6.07) is 8.49. The van der Waals surface area contributed by atoms with Crippen molar-refractivity contribution in [2.75, 3.05) is 0 Å². The predicted molar refractivity (Wildman–Crippen MR) is 75.1 cm³/mol. The first-order valence-electron chi connectivity index (χ1n) is 6.40. The first-order valence-corrected chi connectivity index (χ1v) is 6.40. The number of rotatable bonds is 1. The maximum absolute atomic E-state index is 14.0. The molecule has 0 saturated carbocycles. The molecule has 0 spiro atoms. The average Bonchev–Trinajstić information content (AvgIpc) is 2.46. The van der Waals surface area contributed by atoms with Crippen molar-refractivity contribution in [3.63, 3.8) is 0 Å². The first-order chi connectivity index (χ1) is 10.8. The highest BCUT2D eigenvalue weighted by Crippen LogP contribution is 2.32. The molecule has 4 nitrogen and oxygen atoms in total. The molecule has 1 aromatic heterocycles. The monoisotopic (exact) mass is 324 g/mol. The van der Waals surface area contributed by atoms with E-state index in [1.807, 2.05) is 4.98 Å². The molecule has 2 aromatic carbocycles. The third-order valence-corrected chi connectivity index (χ3v) is 3.30. The van der Waals surface area contributed by atoms with Crippen LogP contribution in [-0.4, -0.2) is 9.55 Å². The van der Waals surface area contributed by atoms with Gasteiger partial charge in [-0.3, -0.25) is 14.3 Å². The Bertz CT molecular complexity index is 1000. The van der Waals surface area contributed by atoms with Crippen LogP contribution in [0.1, 0.15) is 5.56 Å². The molecule has 0 atom stereocenters. The van der Waals surface area contributed by atoms with Gasteiger partial charge in [-0.2, -0.15) is 13.2 Å². The average molecular weight is 324 g/mol. The van der Waals surface area contributed by atoms with Gasteiger partial charge in [0.25, 0.3) is 5.56 Å². The molecule has 0 bridgehead atoms. The Balaban J connectivity index is 2.52. The van der Waals surface area contributed by atoms with Crippen LogP contribution >= 0.6 is 0 Å². The lowest BCUT2D eigenvalue weighted by atomic mass is 10.1. The normalized spacial score (nSPS) is 11.8. The van der Waals surface area contributed by atoms with E-state index in [4.69, 9.17) is 0 Å². The van der Waals surface area contributed by atoms with E-state index in [1.54, 1.807) is 18.2 Å². The van der Waals surface area contributed by atoms with E-state index < -0.39 is 39.7 Å². The van der Waals surface area contributed by atoms with Gasteiger partial charge in [-0.15, -0.1) is 0 Å². The molecule has 0 radical (unpaired) electrons. The Labute approximate surface area is 125 Å². The van der Waals surface area contributed by atoms with Gasteiger partial charge in [-0.05, 0) is 24.3 Å². The van der Waals surface area contributed by atoms with Crippen LogP contribution in [0.4, 0.5) is 17.6 Å². The van der Waals surface area contributed by atoms with Crippen molar-refractivity contribution in [1.82, 2.24) is 9.55 Å². The number of aromatic amines is 1. The molecule has 0 unspecified atom stereocenters. The van der Waals surface area contributed by atoms with Crippen LogP contribution in [0.3, 0.4) is 0 Å². The van der Waals surface area contributed by atoms with Crippen molar-refractivity contribution in [3.05, 3.63) is 74.7 Å². The first kappa shape index (κ1) is 15.0. The molecule has 23 heavy (non-hydrogen) atoms. The summed E-state index contributed by atoms with van der Waals surface area (Å²) in [6.07, 6.45) is -4.81. The van der Waals surface area contributed by atoms with Crippen LogP contribution in [0.15, 0.2) is 52.1 Å². The van der Waals surface area contributed by atoms with Crippen LogP contribution in [-0.2, 0) is 6.18 Å². The number of halogens is 4. The number of aromatic nitrogens is 2. The van der Waals surface area contributed by atoms with Gasteiger partial charge in [-0.25, -0.2) is 9.18 Å². The van der Waals surface area contributed by atoms with E-state index in [9.17, 15) is 27.2 Å². The molecule has 118 valence electrons. The minimum Gasteiger partial charge on any atom is -0.273 e. The Morgan fingerprint density at radius 1 is 1.00 bits per heavy atom. The van der Waals surface area contributed by atoms with Crippen LogP contribution in [0.2, 0.25) is 0 Å². The molecule has 1 heterocycles. The van der Waals surface area contributed by atoms with Gasteiger partial charge in [0.15, 0.2) is 0 Å². The molecule has 3 rings (SSSR count). The number of alkyl halides is 3. The topological polar surface area (TPSA) is 54.9 Å². The third kappa shape index (κ3) is 2.52. The molecular formula is C15H8F4N2O2. The van der Waals surface area contributed by atoms with Gasteiger partial charge in [0.2, 0.25) is 0 Å². The number of nitrogens with zero attached hydrogens (tertiary/aromatic N) is 1. The number of fused-ring (bicyclic) bond motifs is 1. The quantitative estimate of drug-likeness (QED) is 0.700. The molecule has 0 amide bonds. The predicted octanol–water partition coefficient (Wildman–Crippen LogP) is 2.84. The van der Waals surface area contributed by atoms with Crippen molar-refractivity contribution < 1.29 is 17.6 Å². The molecule has 1 N–H and O–H groups in total. The zero-order chi connectivity index (χ0) is 16.8. The molecule has 3 aromatic rings. The zero-order valence-electron chi connectivity index (χ0n) is 11.3. The summed E-state index contributed by atoms with van der Waals surface area (Å²) in [5.74, 6) is -1.35. The van der Waals surface area contributed by atoms with Crippen LogP contribution in [0.25, 0.3) is 16.6 Å². The number of benzene rings is 2. The highest BCUT2D eigenvalue weighted by molar-refractivity contribution is 5.81. The van der Waals surface area contributed by atoms with E-state index in [2.05, 4.69) is 0 Å². The summed E-state index contributed by atoms with van der Waals surface area (Å²) in [6.45, 7) is 0. The molecule has 0 aliphatic rings. The molecule has 0 aliphatic heterocycles. The third-order valence-electron chi connectivity index (χ3n) is 3.30. The van der Waals surface area contributed by atoms with Crippen molar-refractivity contribution in [1.29, 1.82) is 0 Å². The summed E-state index contributed by atoms with van der Waals surface area (Å²) in [7, 11) is 0. The van der Waals surface area contributed by atoms with E-state index in [1.165, 1.54) is 12.1 Å². The Hall–Kier alpha value is -2.90. The van der Waals surface area contributed by atoms with Crippen LogP contribution in [0, 0.1) is 5.82 Å². The van der Waals surface area contributed by atoms with Crippen molar-refractivity contribution in [2.24, 2.45) is 0 Å². The summed E-state index contributed by atoms with van der Waals surface area (Å²) in [5.41, 5.74) is -3.55. The number of hydrogen-bond donors (Lipinski definition) is 1. The smallest absolute Gasteiger partial charge is 0.273 e. The van der Waals surface area contributed by atoms with Gasteiger partial charge in [0.05, 0.1) is 22.2 Å². The summed E-state index contributed by atoms with van der Waals surface area (Å²) in [4.78, 5) is 25.7. The van der Waals surface area contributed by atoms with Gasteiger partial charge in [0.1, 0.15) is 5.82 Å². The number of hydrogen-bond acceptors (Lipinski definition) is 2. The van der Waals surface area contributed by atoms with E-state index in [0.29, 0.717) is 6.07 Å². The molecule has 0 fully saturated rings. The number of nitrogens with one attached hydrogen (secondary N) is 1. The Kier molecular flexibility index (Phi) is 3.32. The largest absolute Gasteiger partial charge is 0.416 e. The van der Waals surface area contributed by atoms with Crippen LogP contribution < -0.4 is 11.2 Å². The number of H-pyrrole nitrogens is 1. The second-order valence-electron chi connectivity index (χ2n) is 4.78. The Morgan fingerprint density at radius 3 is 2.26 bits per heavy atom. The van der Waals surface area contributed by atoms with Gasteiger partial charge in [0, 0.05) is 0 Å². The molecule has 0 saturated heterocycles. The molecule has 8 heteroatoms. The van der Waals surface area contributed by atoms with Crippen LogP contribution in [0.5, 0.6) is 0 Å². The van der Waals surface area contributed by atoms with Gasteiger partial charge < -0.3 is 0 Å². The minimum absolute atomic E-state index is 0.206. The lowest BCUT2D eigenvalue weighted by Crippen LogP contribution is -2.30. The second-order valence-corrected chi connectivity index (χ2v) is 4.78. The fraction of sp³-hybridized carbons (Fsp3) is 0.0667. The SMILES string of the molecule is O=c1[nH]c(=O)n(-c2ccccc2)c2cc(C(F)(F)F)cc(F)c12. The maximum Gasteiger partial charge on any atom is 0.416 e. The van der Waals surface area contributed by atoms with Gasteiger partial charge in [-0.1, -0.05) is 18.2 Å². The summed E-state index contributed by atoms with van der Waals surface area (Å²) >= 11 is 0. The standard InChI is InChI=1S/C15H8F4N2O2/c16-10-6-8(15(17,18)19)7-11-12(10)13(22)20-14(23)21(11)9-4-2-1-3-5-9/h1-7H,(H,20,22,23). The summed E-state index contributed by atoms with van der Waals surface area (Å²) in [5, 5.41) is -0.610.